The number of rotatable bonds is 4. The van der Waals surface area contributed by atoms with E-state index >= 15 is 0 Å². The van der Waals surface area contributed by atoms with Gasteiger partial charge in [0.2, 0.25) is 5.95 Å². The molecule has 2 N–H and O–H groups in total. The quantitative estimate of drug-likeness (QED) is 0.693. The fraction of sp³-hybridized carbons (Fsp3) is 0.400. The second-order valence-corrected chi connectivity index (χ2v) is 6.98. The highest BCUT2D eigenvalue weighted by molar-refractivity contribution is 5.99. The summed E-state index contributed by atoms with van der Waals surface area (Å²) in [5.74, 6) is 1.84. The Kier molecular flexibility index (Phi) is 5.30. The van der Waals surface area contributed by atoms with Gasteiger partial charge < -0.3 is 25.0 Å². The van der Waals surface area contributed by atoms with Crippen LogP contribution >= 0.6 is 0 Å². The molecule has 0 bridgehead atoms. The molecule has 1 aromatic carbocycles. The third kappa shape index (κ3) is 3.56. The SMILES string of the molecule is CCOC(=O)N1CCN(c2nc(-c3ccc(OC)cc3)c3c(N)n(C)nc3n2)CC1. The summed E-state index contributed by atoms with van der Waals surface area (Å²) in [4.78, 5) is 25.2. The minimum atomic E-state index is -0.287. The lowest BCUT2D eigenvalue weighted by atomic mass is 10.1. The topological polar surface area (TPSA) is 112 Å². The van der Waals surface area contributed by atoms with Crippen LogP contribution in [-0.4, -0.2) is 70.6 Å². The summed E-state index contributed by atoms with van der Waals surface area (Å²) < 4.78 is 12.0. The summed E-state index contributed by atoms with van der Waals surface area (Å²) in [5.41, 5.74) is 8.42. The maximum Gasteiger partial charge on any atom is 0.409 e. The van der Waals surface area contributed by atoms with Crippen molar-refractivity contribution in [3.63, 3.8) is 0 Å². The normalized spacial score (nSPS) is 14.2. The van der Waals surface area contributed by atoms with Gasteiger partial charge in [0.1, 0.15) is 11.6 Å². The first kappa shape index (κ1) is 19.7. The van der Waals surface area contributed by atoms with Crippen molar-refractivity contribution in [3.8, 4) is 17.0 Å². The number of fused-ring (bicyclic) bond motifs is 1. The molecule has 0 unspecified atom stereocenters. The zero-order valence-electron chi connectivity index (χ0n) is 17.3. The van der Waals surface area contributed by atoms with Gasteiger partial charge in [-0.3, -0.25) is 4.68 Å². The number of anilines is 2. The van der Waals surface area contributed by atoms with Crippen LogP contribution in [0.25, 0.3) is 22.3 Å². The van der Waals surface area contributed by atoms with Gasteiger partial charge in [-0.2, -0.15) is 10.1 Å². The number of nitrogen functional groups attached to an aromatic ring is 1. The standard InChI is InChI=1S/C20H25N7O3/c1-4-30-20(28)27-11-9-26(10-12-27)19-22-16(13-5-7-14(29-3)8-6-13)15-17(21)25(2)24-18(15)23-19/h5-8H,4,9-12,21H2,1-3H3. The molecule has 158 valence electrons. The number of carbonyl (C=O) groups excluding carboxylic acids is 1. The van der Waals surface area contributed by atoms with Crippen molar-refractivity contribution in [2.45, 2.75) is 6.92 Å². The van der Waals surface area contributed by atoms with Crippen LogP contribution in [0.3, 0.4) is 0 Å². The van der Waals surface area contributed by atoms with Gasteiger partial charge >= 0.3 is 6.09 Å². The van der Waals surface area contributed by atoms with E-state index in [-0.39, 0.29) is 6.09 Å². The smallest absolute Gasteiger partial charge is 0.409 e. The van der Waals surface area contributed by atoms with E-state index in [1.54, 1.807) is 30.7 Å². The van der Waals surface area contributed by atoms with E-state index in [2.05, 4.69) is 10.1 Å². The van der Waals surface area contributed by atoms with Gasteiger partial charge in [0.15, 0.2) is 5.65 Å². The van der Waals surface area contributed by atoms with E-state index in [0.29, 0.717) is 50.2 Å². The van der Waals surface area contributed by atoms with Crippen LogP contribution in [0.2, 0.25) is 0 Å². The summed E-state index contributed by atoms with van der Waals surface area (Å²) in [6, 6.07) is 7.65. The summed E-state index contributed by atoms with van der Waals surface area (Å²) in [6.07, 6.45) is -0.287. The van der Waals surface area contributed by atoms with Crippen molar-refractivity contribution in [2.24, 2.45) is 7.05 Å². The van der Waals surface area contributed by atoms with Crippen LogP contribution in [0.5, 0.6) is 5.75 Å². The Morgan fingerprint density at radius 2 is 1.83 bits per heavy atom. The summed E-state index contributed by atoms with van der Waals surface area (Å²) in [5, 5.41) is 5.18. The van der Waals surface area contributed by atoms with E-state index in [1.807, 2.05) is 29.2 Å². The first-order valence-electron chi connectivity index (χ1n) is 9.83. The average Bonchev–Trinajstić information content (AvgIpc) is 3.07. The number of carbonyl (C=O) groups is 1. The predicted octanol–water partition coefficient (Wildman–Crippen LogP) is 1.90. The molecule has 3 heterocycles. The molecule has 0 spiro atoms. The number of piperazine rings is 1. The molecule has 1 aliphatic rings. The molecule has 1 saturated heterocycles. The molecule has 1 aliphatic heterocycles. The number of nitrogens with two attached hydrogens (primary N) is 1. The highest BCUT2D eigenvalue weighted by Crippen LogP contribution is 2.32. The molecule has 0 saturated carbocycles. The molecule has 1 fully saturated rings. The van der Waals surface area contributed by atoms with Gasteiger partial charge in [0, 0.05) is 38.8 Å². The molecule has 10 nitrogen and oxygen atoms in total. The van der Waals surface area contributed by atoms with Gasteiger partial charge in [-0.25, -0.2) is 9.78 Å². The number of aryl methyl sites for hydroxylation is 1. The third-order valence-corrected chi connectivity index (χ3v) is 5.18. The van der Waals surface area contributed by atoms with Gasteiger partial charge in [-0.05, 0) is 31.2 Å². The van der Waals surface area contributed by atoms with Crippen LogP contribution in [-0.2, 0) is 11.8 Å². The number of benzene rings is 1. The minimum Gasteiger partial charge on any atom is -0.497 e. The summed E-state index contributed by atoms with van der Waals surface area (Å²) in [7, 11) is 3.41. The maximum absolute atomic E-state index is 12.0. The largest absolute Gasteiger partial charge is 0.497 e. The minimum absolute atomic E-state index is 0.287. The van der Waals surface area contributed by atoms with E-state index in [4.69, 9.17) is 20.2 Å². The van der Waals surface area contributed by atoms with Crippen LogP contribution in [0.15, 0.2) is 24.3 Å². The van der Waals surface area contributed by atoms with E-state index < -0.39 is 0 Å². The van der Waals surface area contributed by atoms with Crippen molar-refractivity contribution in [2.75, 3.05) is 50.5 Å². The Bertz CT molecular complexity index is 1060. The molecule has 10 heteroatoms. The van der Waals surface area contributed by atoms with E-state index in [9.17, 15) is 4.79 Å². The Balaban J connectivity index is 1.69. The number of aromatic nitrogens is 4. The lowest BCUT2D eigenvalue weighted by Crippen LogP contribution is -2.49. The molecule has 0 radical (unpaired) electrons. The number of hydrogen-bond acceptors (Lipinski definition) is 8. The van der Waals surface area contributed by atoms with Gasteiger partial charge in [0.05, 0.1) is 24.8 Å². The molecule has 3 aromatic rings. The molecule has 1 amide bonds. The van der Waals surface area contributed by atoms with Crippen LogP contribution in [0, 0.1) is 0 Å². The maximum atomic E-state index is 12.0. The third-order valence-electron chi connectivity index (χ3n) is 5.18. The second kappa shape index (κ2) is 8.05. The molecule has 4 rings (SSSR count). The Morgan fingerprint density at radius 3 is 2.47 bits per heavy atom. The van der Waals surface area contributed by atoms with Gasteiger partial charge in [-0.1, -0.05) is 0 Å². The Labute approximate surface area is 174 Å². The van der Waals surface area contributed by atoms with Crippen molar-refractivity contribution in [1.29, 1.82) is 0 Å². The highest BCUT2D eigenvalue weighted by Gasteiger charge is 2.25. The summed E-state index contributed by atoms with van der Waals surface area (Å²) >= 11 is 0. The molecular formula is C20H25N7O3. The number of amides is 1. The molecule has 0 atom stereocenters. The number of ether oxygens (including phenoxy) is 2. The molecule has 0 aliphatic carbocycles. The Hall–Kier alpha value is -3.56. The van der Waals surface area contributed by atoms with Crippen LogP contribution in [0.4, 0.5) is 16.6 Å². The van der Waals surface area contributed by atoms with Gasteiger partial charge in [-0.15, -0.1) is 0 Å². The number of hydrogen-bond donors (Lipinski definition) is 1. The van der Waals surface area contributed by atoms with Gasteiger partial charge in [0.25, 0.3) is 0 Å². The molecular weight excluding hydrogens is 386 g/mol. The Morgan fingerprint density at radius 1 is 1.13 bits per heavy atom. The van der Waals surface area contributed by atoms with Crippen molar-refractivity contribution in [1.82, 2.24) is 24.6 Å². The second-order valence-electron chi connectivity index (χ2n) is 6.98. The number of methoxy groups -OCH3 is 1. The predicted molar refractivity (Wildman–Crippen MR) is 114 cm³/mol. The van der Waals surface area contributed by atoms with Crippen LogP contribution < -0.4 is 15.4 Å². The van der Waals surface area contributed by atoms with Crippen molar-refractivity contribution < 1.29 is 14.3 Å². The van der Waals surface area contributed by atoms with Crippen molar-refractivity contribution >= 4 is 28.9 Å². The van der Waals surface area contributed by atoms with Crippen LogP contribution in [0.1, 0.15) is 6.92 Å². The zero-order valence-corrected chi connectivity index (χ0v) is 17.3. The first-order valence-corrected chi connectivity index (χ1v) is 9.83. The fourth-order valence-electron chi connectivity index (χ4n) is 3.51. The molecule has 30 heavy (non-hydrogen) atoms. The zero-order chi connectivity index (χ0) is 21.3. The lowest BCUT2D eigenvalue weighted by molar-refractivity contribution is 0.105. The summed E-state index contributed by atoms with van der Waals surface area (Å²) in [6.45, 7) is 4.47. The average molecular weight is 411 g/mol. The first-order chi connectivity index (χ1) is 14.5. The van der Waals surface area contributed by atoms with E-state index in [0.717, 1.165) is 22.4 Å². The highest BCUT2D eigenvalue weighted by atomic mass is 16.6. The molecule has 2 aromatic heterocycles. The van der Waals surface area contributed by atoms with E-state index in [1.165, 1.54) is 0 Å². The monoisotopic (exact) mass is 411 g/mol. The lowest BCUT2D eigenvalue weighted by Gasteiger charge is -2.34. The number of nitrogens with zero attached hydrogens (tertiary/aromatic N) is 6. The fourth-order valence-corrected chi connectivity index (χ4v) is 3.51. The van der Waals surface area contributed by atoms with Crippen molar-refractivity contribution in [3.05, 3.63) is 24.3 Å².